The lowest BCUT2D eigenvalue weighted by Crippen LogP contribution is -1.81. The lowest BCUT2D eigenvalue weighted by atomic mass is 10.1. The van der Waals surface area contributed by atoms with Gasteiger partial charge in [-0.1, -0.05) is 0 Å². The minimum Gasteiger partial charge on any atom is -0.460 e. The standard InChI is InChI=1S/C11H11BrO/c1-6-4-10(12)11-9(8(6)3)5-7(2)13-11/h4-5H,1-3H3. The van der Waals surface area contributed by atoms with Crippen LogP contribution < -0.4 is 0 Å². The van der Waals surface area contributed by atoms with Crippen molar-refractivity contribution in [2.24, 2.45) is 0 Å². The van der Waals surface area contributed by atoms with Gasteiger partial charge in [-0.05, 0) is 60.0 Å². The van der Waals surface area contributed by atoms with Gasteiger partial charge in [0.1, 0.15) is 11.3 Å². The molecule has 0 atom stereocenters. The number of furan rings is 1. The van der Waals surface area contributed by atoms with E-state index in [1.54, 1.807) is 0 Å². The number of halogens is 1. The molecule has 1 nitrogen and oxygen atoms in total. The third-order valence-corrected chi connectivity index (χ3v) is 3.00. The molecule has 0 saturated carbocycles. The van der Waals surface area contributed by atoms with E-state index in [1.165, 1.54) is 16.5 Å². The highest BCUT2D eigenvalue weighted by atomic mass is 79.9. The van der Waals surface area contributed by atoms with Gasteiger partial charge in [0.25, 0.3) is 0 Å². The maximum Gasteiger partial charge on any atom is 0.148 e. The molecule has 0 unspecified atom stereocenters. The van der Waals surface area contributed by atoms with Crippen LogP contribution in [0, 0.1) is 20.8 Å². The molecule has 0 aliphatic heterocycles. The number of fused-ring (bicyclic) bond motifs is 1. The van der Waals surface area contributed by atoms with Crippen LogP contribution in [0.5, 0.6) is 0 Å². The first-order valence-electron chi connectivity index (χ1n) is 4.25. The van der Waals surface area contributed by atoms with E-state index in [1.807, 2.05) is 6.92 Å². The summed E-state index contributed by atoms with van der Waals surface area (Å²) in [6.07, 6.45) is 0. The summed E-state index contributed by atoms with van der Waals surface area (Å²) in [6, 6.07) is 4.18. The predicted octanol–water partition coefficient (Wildman–Crippen LogP) is 4.12. The first kappa shape index (κ1) is 8.82. The van der Waals surface area contributed by atoms with E-state index in [0.29, 0.717) is 0 Å². The van der Waals surface area contributed by atoms with Crippen LogP contribution in [0.2, 0.25) is 0 Å². The van der Waals surface area contributed by atoms with E-state index in [9.17, 15) is 0 Å². The average molecular weight is 239 g/mol. The van der Waals surface area contributed by atoms with Crippen LogP contribution in [0.25, 0.3) is 11.0 Å². The molecule has 0 N–H and O–H groups in total. The Morgan fingerprint density at radius 3 is 2.54 bits per heavy atom. The van der Waals surface area contributed by atoms with Crippen molar-refractivity contribution in [3.8, 4) is 0 Å². The zero-order valence-corrected chi connectivity index (χ0v) is 9.53. The van der Waals surface area contributed by atoms with E-state index < -0.39 is 0 Å². The van der Waals surface area contributed by atoms with Crippen LogP contribution in [-0.2, 0) is 0 Å². The van der Waals surface area contributed by atoms with Crippen molar-refractivity contribution in [1.82, 2.24) is 0 Å². The van der Waals surface area contributed by atoms with Gasteiger partial charge < -0.3 is 4.42 Å². The number of rotatable bonds is 0. The second-order valence-electron chi connectivity index (χ2n) is 3.40. The Balaban J connectivity index is 2.95. The Kier molecular flexibility index (Phi) is 1.95. The van der Waals surface area contributed by atoms with Gasteiger partial charge in [-0.15, -0.1) is 0 Å². The average Bonchev–Trinajstić information content (AvgIpc) is 2.44. The van der Waals surface area contributed by atoms with E-state index in [-0.39, 0.29) is 0 Å². The first-order valence-corrected chi connectivity index (χ1v) is 5.04. The van der Waals surface area contributed by atoms with Crippen LogP contribution in [0.3, 0.4) is 0 Å². The highest BCUT2D eigenvalue weighted by molar-refractivity contribution is 9.10. The summed E-state index contributed by atoms with van der Waals surface area (Å²) in [4.78, 5) is 0. The zero-order valence-electron chi connectivity index (χ0n) is 7.94. The fourth-order valence-electron chi connectivity index (χ4n) is 1.55. The first-order chi connectivity index (χ1) is 6.09. The topological polar surface area (TPSA) is 13.1 Å². The molecule has 0 fully saturated rings. The van der Waals surface area contributed by atoms with Crippen LogP contribution in [0.4, 0.5) is 0 Å². The van der Waals surface area contributed by atoms with Crippen LogP contribution >= 0.6 is 15.9 Å². The molecule has 68 valence electrons. The quantitative estimate of drug-likeness (QED) is 0.673. The largest absolute Gasteiger partial charge is 0.460 e. The number of hydrogen-bond donors (Lipinski definition) is 0. The molecule has 0 aliphatic rings. The molecule has 0 radical (unpaired) electrons. The van der Waals surface area contributed by atoms with Crippen LogP contribution in [-0.4, -0.2) is 0 Å². The molecule has 1 aromatic carbocycles. The summed E-state index contributed by atoms with van der Waals surface area (Å²) in [6.45, 7) is 6.21. The minimum atomic E-state index is 0.959. The van der Waals surface area contributed by atoms with Crippen molar-refractivity contribution in [3.63, 3.8) is 0 Å². The van der Waals surface area contributed by atoms with Crippen molar-refractivity contribution < 1.29 is 4.42 Å². The van der Waals surface area contributed by atoms with Gasteiger partial charge in [-0.25, -0.2) is 0 Å². The maximum atomic E-state index is 5.59. The molecule has 2 heteroatoms. The van der Waals surface area contributed by atoms with E-state index in [0.717, 1.165) is 15.8 Å². The Morgan fingerprint density at radius 1 is 1.15 bits per heavy atom. The maximum absolute atomic E-state index is 5.59. The van der Waals surface area contributed by atoms with Gasteiger partial charge in [0.2, 0.25) is 0 Å². The summed E-state index contributed by atoms with van der Waals surface area (Å²) < 4.78 is 6.63. The number of aryl methyl sites for hydroxylation is 3. The smallest absolute Gasteiger partial charge is 0.148 e. The van der Waals surface area contributed by atoms with E-state index >= 15 is 0 Å². The highest BCUT2D eigenvalue weighted by Crippen LogP contribution is 2.31. The molecule has 0 saturated heterocycles. The highest BCUT2D eigenvalue weighted by Gasteiger charge is 2.08. The molecule has 0 bridgehead atoms. The molecule has 1 heterocycles. The third-order valence-electron chi connectivity index (χ3n) is 2.41. The molecule has 2 rings (SSSR count). The fourth-order valence-corrected chi connectivity index (χ4v) is 2.18. The molecule has 0 spiro atoms. The summed E-state index contributed by atoms with van der Waals surface area (Å²) in [5.41, 5.74) is 3.55. The van der Waals surface area contributed by atoms with Gasteiger partial charge in [-0.2, -0.15) is 0 Å². The normalized spacial score (nSPS) is 11.1. The molecular formula is C11H11BrO. The van der Waals surface area contributed by atoms with Gasteiger partial charge in [0, 0.05) is 5.39 Å². The minimum absolute atomic E-state index is 0.959. The van der Waals surface area contributed by atoms with Crippen molar-refractivity contribution in [3.05, 3.63) is 33.5 Å². The van der Waals surface area contributed by atoms with Crippen molar-refractivity contribution in [2.75, 3.05) is 0 Å². The predicted molar refractivity (Wildman–Crippen MR) is 58.1 cm³/mol. The second kappa shape index (κ2) is 2.88. The lowest BCUT2D eigenvalue weighted by molar-refractivity contribution is 0.577. The van der Waals surface area contributed by atoms with Gasteiger partial charge >= 0.3 is 0 Å². The van der Waals surface area contributed by atoms with Crippen molar-refractivity contribution in [2.45, 2.75) is 20.8 Å². The Bertz CT molecular complexity index is 468. The zero-order chi connectivity index (χ0) is 9.59. The summed E-state index contributed by atoms with van der Waals surface area (Å²) in [5.74, 6) is 0.962. The summed E-state index contributed by atoms with van der Waals surface area (Å²) in [7, 11) is 0. The molecule has 0 amide bonds. The molecule has 0 aliphatic carbocycles. The van der Waals surface area contributed by atoms with Crippen LogP contribution in [0.15, 0.2) is 21.0 Å². The van der Waals surface area contributed by atoms with Gasteiger partial charge in [0.05, 0.1) is 4.47 Å². The van der Waals surface area contributed by atoms with Gasteiger partial charge in [-0.3, -0.25) is 0 Å². The molecule has 13 heavy (non-hydrogen) atoms. The molecule has 1 aromatic heterocycles. The Labute approximate surface area is 85.9 Å². The Hall–Kier alpha value is -0.760. The number of benzene rings is 1. The number of hydrogen-bond acceptors (Lipinski definition) is 1. The third kappa shape index (κ3) is 1.29. The van der Waals surface area contributed by atoms with Crippen molar-refractivity contribution >= 4 is 26.9 Å². The summed E-state index contributed by atoms with van der Waals surface area (Å²) in [5, 5.41) is 1.21. The summed E-state index contributed by atoms with van der Waals surface area (Å²) >= 11 is 3.50. The van der Waals surface area contributed by atoms with E-state index in [4.69, 9.17) is 4.42 Å². The monoisotopic (exact) mass is 238 g/mol. The molecule has 2 aromatic rings. The van der Waals surface area contributed by atoms with Crippen LogP contribution in [0.1, 0.15) is 16.9 Å². The molecular weight excluding hydrogens is 228 g/mol. The SMILES string of the molecule is Cc1cc2c(C)c(C)cc(Br)c2o1. The lowest BCUT2D eigenvalue weighted by Gasteiger charge is -2.01. The second-order valence-corrected chi connectivity index (χ2v) is 4.25. The van der Waals surface area contributed by atoms with E-state index in [2.05, 4.69) is 41.9 Å². The fraction of sp³-hybridized carbons (Fsp3) is 0.273. The van der Waals surface area contributed by atoms with Crippen molar-refractivity contribution in [1.29, 1.82) is 0 Å². The Morgan fingerprint density at radius 2 is 1.85 bits per heavy atom. The van der Waals surface area contributed by atoms with Gasteiger partial charge in [0.15, 0.2) is 0 Å².